The third-order valence-corrected chi connectivity index (χ3v) is 4.01. The topological polar surface area (TPSA) is 48.5 Å². The van der Waals surface area contributed by atoms with Crippen molar-refractivity contribution in [3.05, 3.63) is 83.3 Å². The maximum Gasteiger partial charge on any atom is 0.298 e. The average Bonchev–Trinajstić information content (AvgIpc) is 3.08. The van der Waals surface area contributed by atoms with Crippen molar-refractivity contribution in [2.45, 2.75) is 0 Å². The van der Waals surface area contributed by atoms with E-state index in [0.717, 1.165) is 11.3 Å². The van der Waals surface area contributed by atoms with E-state index < -0.39 is 0 Å². The van der Waals surface area contributed by atoms with Crippen LogP contribution in [0, 0.1) is 5.82 Å². The summed E-state index contributed by atoms with van der Waals surface area (Å²) < 4.78 is 21.4. The van der Waals surface area contributed by atoms with Gasteiger partial charge in [-0.05, 0) is 48.5 Å². The van der Waals surface area contributed by atoms with Gasteiger partial charge in [0.05, 0.1) is 12.8 Å². The number of nitrogens with zero attached hydrogens (tertiary/aromatic N) is 3. The van der Waals surface area contributed by atoms with Gasteiger partial charge in [0.15, 0.2) is 0 Å². The minimum atomic E-state index is -0.347. The summed E-state index contributed by atoms with van der Waals surface area (Å²) in [4.78, 5) is 17.2. The molecule has 0 atom stereocenters. The van der Waals surface area contributed by atoms with Crippen LogP contribution in [0.25, 0.3) is 22.6 Å². The van der Waals surface area contributed by atoms with Crippen LogP contribution in [0.1, 0.15) is 0 Å². The van der Waals surface area contributed by atoms with Gasteiger partial charge in [0.25, 0.3) is 5.56 Å². The molecule has 0 spiro atoms. The Bertz CT molecular complexity index is 1100. The Morgan fingerprint density at radius 3 is 2.40 bits per heavy atom. The molecule has 2 aromatic carbocycles. The van der Waals surface area contributed by atoms with Crippen molar-refractivity contribution >= 4 is 5.65 Å². The summed E-state index contributed by atoms with van der Waals surface area (Å²) in [6.07, 6.45) is 5.19. The Morgan fingerprint density at radius 2 is 1.72 bits per heavy atom. The predicted octanol–water partition coefficient (Wildman–Crippen LogP) is 3.30. The van der Waals surface area contributed by atoms with Crippen molar-refractivity contribution in [3.63, 3.8) is 0 Å². The highest BCUT2D eigenvalue weighted by Gasteiger charge is 2.10. The van der Waals surface area contributed by atoms with Crippen LogP contribution in [-0.2, 0) is 0 Å². The lowest BCUT2D eigenvalue weighted by molar-refractivity contribution is 0.415. The molecule has 124 valence electrons. The predicted molar refractivity (Wildman–Crippen MR) is 92.7 cm³/mol. The summed E-state index contributed by atoms with van der Waals surface area (Å²) in [6.45, 7) is 0. The highest BCUT2D eigenvalue weighted by molar-refractivity contribution is 5.63. The molecular formula is C19H14FN3O2. The number of imidazole rings is 1. The summed E-state index contributed by atoms with van der Waals surface area (Å²) in [5.41, 5.74) is 2.20. The number of ether oxygens (including phenoxy) is 1. The molecule has 25 heavy (non-hydrogen) atoms. The molecule has 0 amide bonds. The van der Waals surface area contributed by atoms with Crippen molar-refractivity contribution in [1.82, 2.24) is 14.0 Å². The third kappa shape index (κ3) is 2.67. The molecule has 0 aliphatic rings. The molecule has 2 aromatic heterocycles. The van der Waals surface area contributed by atoms with Crippen LogP contribution in [-0.4, -0.2) is 21.1 Å². The van der Waals surface area contributed by atoms with E-state index in [2.05, 4.69) is 4.98 Å². The monoisotopic (exact) mass is 335 g/mol. The van der Waals surface area contributed by atoms with Crippen LogP contribution in [0.3, 0.4) is 0 Å². The Balaban J connectivity index is 1.82. The Kier molecular flexibility index (Phi) is 3.57. The molecule has 2 heterocycles. The summed E-state index contributed by atoms with van der Waals surface area (Å²) in [7, 11) is 1.61. The second kappa shape index (κ2) is 5.90. The first-order valence-corrected chi connectivity index (χ1v) is 7.66. The van der Waals surface area contributed by atoms with Crippen molar-refractivity contribution < 1.29 is 9.13 Å². The van der Waals surface area contributed by atoms with E-state index in [9.17, 15) is 9.18 Å². The quantitative estimate of drug-likeness (QED) is 0.577. The zero-order chi connectivity index (χ0) is 17.4. The summed E-state index contributed by atoms with van der Waals surface area (Å²) in [5, 5.41) is 0. The van der Waals surface area contributed by atoms with Gasteiger partial charge in [-0.15, -0.1) is 0 Å². The zero-order valence-electron chi connectivity index (χ0n) is 13.4. The van der Waals surface area contributed by atoms with E-state index in [1.165, 1.54) is 16.7 Å². The van der Waals surface area contributed by atoms with E-state index in [-0.39, 0.29) is 11.4 Å². The standard InChI is InChI=1S/C19H14FN3O2/c1-25-16-8-2-13(3-9-16)17-12-22-10-11-23(19(24)18(22)21-17)15-6-4-14(20)5-7-15/h2-12H,1H3. The molecule has 0 bridgehead atoms. The Hall–Kier alpha value is -3.41. The van der Waals surface area contributed by atoms with E-state index >= 15 is 0 Å². The minimum Gasteiger partial charge on any atom is -0.497 e. The lowest BCUT2D eigenvalue weighted by Crippen LogP contribution is -2.19. The van der Waals surface area contributed by atoms with Crippen LogP contribution in [0.15, 0.2) is 71.9 Å². The normalized spacial score (nSPS) is 11.0. The van der Waals surface area contributed by atoms with Gasteiger partial charge in [0, 0.05) is 29.8 Å². The molecule has 0 N–H and O–H groups in total. The third-order valence-electron chi connectivity index (χ3n) is 4.01. The number of rotatable bonds is 3. The fourth-order valence-electron chi connectivity index (χ4n) is 2.69. The number of hydrogen-bond acceptors (Lipinski definition) is 3. The lowest BCUT2D eigenvalue weighted by atomic mass is 10.2. The van der Waals surface area contributed by atoms with Crippen molar-refractivity contribution in [1.29, 1.82) is 0 Å². The second-order valence-corrected chi connectivity index (χ2v) is 5.54. The lowest BCUT2D eigenvalue weighted by Gasteiger charge is -2.05. The first-order valence-electron chi connectivity index (χ1n) is 7.66. The van der Waals surface area contributed by atoms with Gasteiger partial charge in [-0.1, -0.05) is 0 Å². The molecule has 0 radical (unpaired) electrons. The molecule has 4 aromatic rings. The molecule has 6 heteroatoms. The zero-order valence-corrected chi connectivity index (χ0v) is 13.4. The number of fused-ring (bicyclic) bond motifs is 1. The van der Waals surface area contributed by atoms with Gasteiger partial charge in [-0.3, -0.25) is 9.36 Å². The van der Waals surface area contributed by atoms with E-state index in [1.807, 2.05) is 24.3 Å². The highest BCUT2D eigenvalue weighted by atomic mass is 19.1. The molecule has 0 saturated carbocycles. The first-order chi connectivity index (χ1) is 12.2. The fourth-order valence-corrected chi connectivity index (χ4v) is 2.69. The highest BCUT2D eigenvalue weighted by Crippen LogP contribution is 2.21. The Labute approximate surface area is 142 Å². The number of benzene rings is 2. The first kappa shape index (κ1) is 15.1. The molecule has 4 rings (SSSR count). The SMILES string of the molecule is COc1ccc(-c2cn3ccn(-c4ccc(F)cc4)c(=O)c3n2)cc1. The molecule has 0 unspecified atom stereocenters. The second-order valence-electron chi connectivity index (χ2n) is 5.54. The van der Waals surface area contributed by atoms with Crippen LogP contribution < -0.4 is 10.3 Å². The van der Waals surface area contributed by atoms with Crippen LogP contribution in [0.4, 0.5) is 4.39 Å². The maximum atomic E-state index is 13.1. The minimum absolute atomic E-state index is 0.270. The Morgan fingerprint density at radius 1 is 1.00 bits per heavy atom. The molecule has 0 aliphatic heterocycles. The largest absolute Gasteiger partial charge is 0.497 e. The average molecular weight is 335 g/mol. The summed E-state index contributed by atoms with van der Waals surface area (Å²) >= 11 is 0. The van der Waals surface area contributed by atoms with E-state index in [4.69, 9.17) is 4.74 Å². The smallest absolute Gasteiger partial charge is 0.298 e. The van der Waals surface area contributed by atoms with Gasteiger partial charge < -0.3 is 9.14 Å². The fraction of sp³-hybridized carbons (Fsp3) is 0.0526. The van der Waals surface area contributed by atoms with Gasteiger partial charge in [-0.2, -0.15) is 0 Å². The van der Waals surface area contributed by atoms with E-state index in [0.29, 0.717) is 17.0 Å². The molecular weight excluding hydrogens is 321 g/mol. The number of methoxy groups -OCH3 is 1. The molecule has 5 nitrogen and oxygen atoms in total. The van der Waals surface area contributed by atoms with Crippen LogP contribution in [0.2, 0.25) is 0 Å². The molecule has 0 fully saturated rings. The molecule has 0 aliphatic carbocycles. The number of halogens is 1. The van der Waals surface area contributed by atoms with Crippen molar-refractivity contribution in [3.8, 4) is 22.7 Å². The van der Waals surface area contributed by atoms with Gasteiger partial charge in [0.2, 0.25) is 5.65 Å². The summed E-state index contributed by atoms with van der Waals surface area (Å²) in [6, 6.07) is 13.2. The number of aromatic nitrogens is 3. The van der Waals surface area contributed by atoms with Gasteiger partial charge >= 0.3 is 0 Å². The number of hydrogen-bond donors (Lipinski definition) is 0. The summed E-state index contributed by atoms with van der Waals surface area (Å²) in [5.74, 6) is 0.409. The van der Waals surface area contributed by atoms with Gasteiger partial charge in [-0.25, -0.2) is 9.37 Å². The van der Waals surface area contributed by atoms with Gasteiger partial charge in [0.1, 0.15) is 11.6 Å². The van der Waals surface area contributed by atoms with Crippen molar-refractivity contribution in [2.75, 3.05) is 7.11 Å². The van der Waals surface area contributed by atoms with E-state index in [1.54, 1.807) is 42.2 Å². The van der Waals surface area contributed by atoms with Crippen molar-refractivity contribution in [2.24, 2.45) is 0 Å². The van der Waals surface area contributed by atoms with Crippen LogP contribution in [0.5, 0.6) is 5.75 Å². The molecule has 0 saturated heterocycles. The maximum absolute atomic E-state index is 13.1. The van der Waals surface area contributed by atoms with Crippen LogP contribution >= 0.6 is 0 Å².